The topological polar surface area (TPSA) is 104 Å². The number of carboxylic acids is 2. The van der Waals surface area contributed by atoms with Crippen LogP contribution in [0.1, 0.15) is 33.1 Å². The van der Waals surface area contributed by atoms with Gasteiger partial charge < -0.3 is 15.5 Å². The first-order valence-corrected chi connectivity index (χ1v) is 10.1. The number of rotatable bonds is 11. The zero-order valence-corrected chi connectivity index (χ0v) is 16.2. The maximum absolute atomic E-state index is 11.4. The molecule has 0 aliphatic heterocycles. The van der Waals surface area contributed by atoms with E-state index in [9.17, 15) is 22.8 Å². The summed E-state index contributed by atoms with van der Waals surface area (Å²) in [5.41, 5.74) is 0. The number of hydrogen-bond acceptors (Lipinski definition) is 5. The maximum atomic E-state index is 11.4. The van der Waals surface area contributed by atoms with Crippen LogP contribution in [0.3, 0.4) is 0 Å². The zero-order chi connectivity index (χ0) is 20.6. The minimum atomic E-state index is -5.08. The van der Waals surface area contributed by atoms with Gasteiger partial charge in [0.15, 0.2) is 0 Å². The van der Waals surface area contributed by atoms with Crippen molar-refractivity contribution >= 4 is 39.4 Å². The lowest BCUT2D eigenvalue weighted by Gasteiger charge is -2.03. The van der Waals surface area contributed by atoms with Gasteiger partial charge in [-0.1, -0.05) is 47.6 Å². The molecule has 0 radical (unpaired) electrons. The predicted molar refractivity (Wildman–Crippen MR) is 97.1 cm³/mol. The van der Waals surface area contributed by atoms with E-state index in [2.05, 4.69) is 25.2 Å². The highest BCUT2D eigenvalue weighted by atomic mass is 33.1. The molecular formula is C15H24F3NO5S2. The number of nitrogens with one attached hydrogen (secondary N) is 1. The van der Waals surface area contributed by atoms with E-state index in [-0.39, 0.29) is 12.3 Å². The van der Waals surface area contributed by atoms with Crippen LogP contribution in [0, 0.1) is 5.92 Å². The van der Waals surface area contributed by atoms with Crippen LogP contribution >= 0.6 is 21.6 Å². The maximum Gasteiger partial charge on any atom is 0.490 e. The summed E-state index contributed by atoms with van der Waals surface area (Å²) in [6.07, 6.45) is 0.555. The summed E-state index contributed by atoms with van der Waals surface area (Å²) in [5.74, 6) is -1.51. The number of carboxylic acid groups (broad SMARTS) is 2. The van der Waals surface area contributed by atoms with Gasteiger partial charge in [0.05, 0.1) is 6.42 Å². The number of hydrogen-bond donors (Lipinski definition) is 3. The van der Waals surface area contributed by atoms with Crippen molar-refractivity contribution in [3.8, 4) is 0 Å². The average Bonchev–Trinajstić information content (AvgIpc) is 2.49. The quantitative estimate of drug-likeness (QED) is 0.267. The smallest absolute Gasteiger partial charge is 0.481 e. The Morgan fingerprint density at radius 1 is 1.08 bits per heavy atom. The average molecular weight is 419 g/mol. The number of alkyl halides is 3. The van der Waals surface area contributed by atoms with Gasteiger partial charge in [-0.05, 0) is 12.3 Å². The monoisotopic (exact) mass is 419 g/mol. The largest absolute Gasteiger partial charge is 0.490 e. The number of carbonyl (C=O) groups excluding carboxylic acids is 1. The van der Waals surface area contributed by atoms with Crippen LogP contribution in [0.5, 0.6) is 0 Å². The molecule has 3 N–H and O–H groups in total. The molecule has 0 atom stereocenters. The Hall–Kier alpha value is -1.36. The van der Waals surface area contributed by atoms with Crippen molar-refractivity contribution in [1.29, 1.82) is 0 Å². The molecule has 0 aromatic heterocycles. The van der Waals surface area contributed by atoms with E-state index < -0.39 is 18.1 Å². The van der Waals surface area contributed by atoms with Gasteiger partial charge in [0.1, 0.15) is 0 Å². The van der Waals surface area contributed by atoms with Crippen LogP contribution in [0.4, 0.5) is 13.2 Å². The fourth-order valence-electron chi connectivity index (χ4n) is 1.15. The summed E-state index contributed by atoms with van der Waals surface area (Å²) < 4.78 is 31.7. The minimum absolute atomic E-state index is 0.0737. The Morgan fingerprint density at radius 3 is 2.08 bits per heavy atom. The van der Waals surface area contributed by atoms with Gasteiger partial charge in [-0.25, -0.2) is 4.79 Å². The van der Waals surface area contributed by atoms with Crippen molar-refractivity contribution < 1.29 is 37.8 Å². The molecule has 0 fully saturated rings. The highest BCUT2D eigenvalue weighted by Crippen LogP contribution is 2.20. The summed E-state index contributed by atoms with van der Waals surface area (Å²) in [4.78, 5) is 30.6. The molecule has 6 nitrogen and oxygen atoms in total. The summed E-state index contributed by atoms with van der Waals surface area (Å²) >= 11 is 0. The molecule has 11 heteroatoms. The fraction of sp³-hybridized carbons (Fsp3) is 0.667. The van der Waals surface area contributed by atoms with Gasteiger partial charge in [-0.2, -0.15) is 13.2 Å². The zero-order valence-electron chi connectivity index (χ0n) is 14.5. The lowest BCUT2D eigenvalue weighted by atomic mass is 10.2. The molecule has 26 heavy (non-hydrogen) atoms. The molecule has 0 aromatic carbocycles. The fourth-order valence-corrected chi connectivity index (χ4v) is 3.04. The van der Waals surface area contributed by atoms with Gasteiger partial charge >= 0.3 is 18.1 Å². The summed E-state index contributed by atoms with van der Waals surface area (Å²) in [6, 6.07) is 0. The van der Waals surface area contributed by atoms with E-state index >= 15 is 0 Å². The highest BCUT2D eigenvalue weighted by molar-refractivity contribution is 8.76. The number of aliphatic carboxylic acids is 2. The molecule has 0 rings (SSSR count). The molecule has 0 aliphatic rings. The van der Waals surface area contributed by atoms with Gasteiger partial charge in [0, 0.05) is 24.5 Å². The van der Waals surface area contributed by atoms with Crippen LogP contribution in [0.2, 0.25) is 0 Å². The number of halogens is 3. The van der Waals surface area contributed by atoms with Crippen molar-refractivity contribution in [3.05, 3.63) is 12.2 Å². The Bertz CT molecular complexity index is 457. The Balaban J connectivity index is 0. The molecule has 0 unspecified atom stereocenters. The van der Waals surface area contributed by atoms with Gasteiger partial charge in [0.25, 0.3) is 0 Å². The van der Waals surface area contributed by atoms with E-state index in [4.69, 9.17) is 15.0 Å². The third-order valence-corrected chi connectivity index (χ3v) is 4.70. The van der Waals surface area contributed by atoms with Gasteiger partial charge in [0.2, 0.25) is 5.91 Å². The van der Waals surface area contributed by atoms with Crippen molar-refractivity contribution in [2.75, 3.05) is 18.1 Å². The molecule has 0 aliphatic carbocycles. The second-order valence-corrected chi connectivity index (χ2v) is 7.85. The van der Waals surface area contributed by atoms with Gasteiger partial charge in [-0.3, -0.25) is 9.59 Å². The summed E-state index contributed by atoms with van der Waals surface area (Å²) in [5, 5.41) is 18.4. The summed E-state index contributed by atoms with van der Waals surface area (Å²) in [6.45, 7) is 4.85. The van der Waals surface area contributed by atoms with Crippen LogP contribution < -0.4 is 5.32 Å². The van der Waals surface area contributed by atoms with E-state index in [1.807, 2.05) is 6.08 Å². The van der Waals surface area contributed by atoms with Crippen LogP contribution in [-0.2, 0) is 14.4 Å². The molecule has 0 saturated heterocycles. The third-order valence-electron chi connectivity index (χ3n) is 2.29. The van der Waals surface area contributed by atoms with Crippen molar-refractivity contribution in [3.63, 3.8) is 0 Å². The van der Waals surface area contributed by atoms with Crippen molar-refractivity contribution in [2.45, 2.75) is 39.3 Å². The highest BCUT2D eigenvalue weighted by Gasteiger charge is 2.38. The minimum Gasteiger partial charge on any atom is -0.481 e. The molecule has 152 valence electrons. The summed E-state index contributed by atoms with van der Waals surface area (Å²) in [7, 11) is 3.13. The Morgan fingerprint density at radius 2 is 1.62 bits per heavy atom. The normalized spacial score (nSPS) is 11.2. The van der Waals surface area contributed by atoms with Crippen LogP contribution in [-0.4, -0.2) is 52.3 Å². The Labute approximate surface area is 158 Å². The molecular weight excluding hydrogens is 395 g/mol. The van der Waals surface area contributed by atoms with Crippen molar-refractivity contribution in [1.82, 2.24) is 5.32 Å². The second kappa shape index (κ2) is 15.9. The molecule has 1 amide bonds. The molecule has 0 bridgehead atoms. The molecule has 0 saturated carbocycles. The third kappa shape index (κ3) is 22.6. The lowest BCUT2D eigenvalue weighted by molar-refractivity contribution is -0.192. The number of carbonyl (C=O) groups is 3. The first-order chi connectivity index (χ1) is 12.0. The van der Waals surface area contributed by atoms with Crippen LogP contribution in [0.25, 0.3) is 0 Å². The molecule has 0 heterocycles. The Kier molecular flexibility index (Phi) is 16.4. The first-order valence-electron chi connectivity index (χ1n) is 7.66. The van der Waals surface area contributed by atoms with Gasteiger partial charge in [-0.15, -0.1) is 0 Å². The van der Waals surface area contributed by atoms with Crippen molar-refractivity contribution in [2.24, 2.45) is 5.92 Å². The lowest BCUT2D eigenvalue weighted by Crippen LogP contribution is -2.25. The first kappa shape index (κ1) is 26.9. The predicted octanol–water partition coefficient (Wildman–Crippen LogP) is 3.58. The van der Waals surface area contributed by atoms with E-state index in [1.54, 1.807) is 10.8 Å². The van der Waals surface area contributed by atoms with E-state index in [1.165, 1.54) is 10.8 Å². The number of amides is 1. The van der Waals surface area contributed by atoms with E-state index in [0.717, 1.165) is 12.2 Å². The SMILES string of the molecule is CC(C)/C=C/CCC(=O)NCCSSCCC(=O)O.O=C(O)C(F)(F)F. The molecule has 0 aromatic rings. The number of allylic oxidation sites excluding steroid dienone is 2. The van der Waals surface area contributed by atoms with E-state index in [0.29, 0.717) is 24.6 Å². The van der Waals surface area contributed by atoms with Crippen LogP contribution in [0.15, 0.2) is 12.2 Å². The second-order valence-electron chi connectivity index (χ2n) is 5.15. The standard InChI is InChI=1S/C13H23NO3S2.C2HF3O2/c1-11(2)5-3-4-6-12(15)14-8-10-19-18-9-7-13(16)17;3-2(4,5)1(6)7/h3,5,11H,4,6-10H2,1-2H3,(H,14,15)(H,16,17);(H,6,7)/b5-3+;. The molecule has 0 spiro atoms.